The highest BCUT2D eigenvalue weighted by molar-refractivity contribution is 6.32. The van der Waals surface area contributed by atoms with E-state index in [0.29, 0.717) is 12.4 Å². The number of nitrogens with zero attached hydrogens (tertiary/aromatic N) is 6. The third-order valence-electron chi connectivity index (χ3n) is 5.58. The van der Waals surface area contributed by atoms with Crippen LogP contribution in [0.5, 0.6) is 5.75 Å². The average Bonchev–Trinajstić information content (AvgIpc) is 2.87. The van der Waals surface area contributed by atoms with Crippen molar-refractivity contribution in [2.24, 2.45) is 0 Å². The lowest BCUT2D eigenvalue weighted by molar-refractivity contribution is -0.139. The molecule has 4 heterocycles. The van der Waals surface area contributed by atoms with E-state index >= 15 is 0 Å². The lowest BCUT2D eigenvalue weighted by Gasteiger charge is -2.33. The van der Waals surface area contributed by atoms with Crippen LogP contribution in [-0.2, 0) is 17.1 Å². The van der Waals surface area contributed by atoms with Gasteiger partial charge in [0.05, 0.1) is 29.7 Å². The number of anilines is 3. The van der Waals surface area contributed by atoms with Crippen LogP contribution < -0.4 is 25.4 Å². The number of pyridine rings is 1. The van der Waals surface area contributed by atoms with E-state index in [1.165, 1.54) is 29.0 Å². The van der Waals surface area contributed by atoms with E-state index in [1.807, 2.05) is 0 Å². The van der Waals surface area contributed by atoms with Crippen LogP contribution in [0.4, 0.5) is 43.8 Å². The number of aromatic nitrogens is 5. The van der Waals surface area contributed by atoms with Gasteiger partial charge < -0.3 is 15.0 Å². The number of hydrogen-bond donors (Lipinski definition) is 2. The lowest BCUT2D eigenvalue weighted by atomic mass is 10.2. The minimum atomic E-state index is -4.92. The molecule has 2 N–H and O–H groups in total. The minimum absolute atomic E-state index is 0.0418. The summed E-state index contributed by atoms with van der Waals surface area (Å²) in [5, 5.41) is 7.73. The quantitative estimate of drug-likeness (QED) is 0.397. The molecule has 3 aromatic rings. The van der Waals surface area contributed by atoms with Gasteiger partial charge in [-0.15, -0.1) is 0 Å². The summed E-state index contributed by atoms with van der Waals surface area (Å²) in [6.45, 7) is 1.34. The van der Waals surface area contributed by atoms with Gasteiger partial charge in [0, 0.05) is 31.5 Å². The first-order valence-corrected chi connectivity index (χ1v) is 11.8. The standard InChI is InChI=1S/C22H19ClF6N8O3/c1-11(34-14-8-33-35-19(39)18(14)22(27,28)29)10-40-15-4-16(30-7-13(15)23)37-3-2-36(9-17(37)38)20-31-5-12(6-32-20)21(24,25)26/h4-8,11H,2-3,9-10H2,1H3,(H2,34,35,39)/t11-/m0/s1. The molecule has 1 amide bonds. The molecule has 1 fully saturated rings. The Bertz CT molecular complexity index is 1430. The van der Waals surface area contributed by atoms with Crippen LogP contribution in [-0.4, -0.2) is 63.3 Å². The summed E-state index contributed by atoms with van der Waals surface area (Å²) in [5.41, 5.74) is -4.38. The molecule has 0 bridgehead atoms. The summed E-state index contributed by atoms with van der Waals surface area (Å²) in [5.74, 6) is -0.246. The number of rotatable bonds is 7. The molecule has 0 aliphatic carbocycles. The second-order valence-electron chi connectivity index (χ2n) is 8.55. The number of ether oxygens (including phenoxy) is 1. The summed E-state index contributed by atoms with van der Waals surface area (Å²) >= 11 is 6.15. The first-order valence-electron chi connectivity index (χ1n) is 11.4. The maximum absolute atomic E-state index is 13.3. The number of hydrogen-bond acceptors (Lipinski definition) is 9. The molecular weight excluding hydrogens is 574 g/mol. The van der Waals surface area contributed by atoms with Crippen molar-refractivity contribution in [2.45, 2.75) is 25.3 Å². The minimum Gasteiger partial charge on any atom is -0.490 e. The third kappa shape index (κ3) is 6.52. The average molecular weight is 593 g/mol. The van der Waals surface area contributed by atoms with Crippen LogP contribution in [0, 0.1) is 0 Å². The number of aromatic amines is 1. The molecule has 0 aromatic carbocycles. The Kier molecular flexibility index (Phi) is 8.04. The maximum atomic E-state index is 13.3. The molecule has 0 unspecified atom stereocenters. The second-order valence-corrected chi connectivity index (χ2v) is 8.96. The summed E-state index contributed by atoms with van der Waals surface area (Å²) in [4.78, 5) is 38.7. The van der Waals surface area contributed by atoms with Crippen LogP contribution in [0.2, 0.25) is 5.02 Å². The highest BCUT2D eigenvalue weighted by atomic mass is 35.5. The molecule has 40 heavy (non-hydrogen) atoms. The van der Waals surface area contributed by atoms with Crippen molar-refractivity contribution < 1.29 is 35.9 Å². The van der Waals surface area contributed by atoms with Crippen LogP contribution in [0.15, 0.2) is 35.6 Å². The highest BCUT2D eigenvalue weighted by Crippen LogP contribution is 2.33. The van der Waals surface area contributed by atoms with Gasteiger partial charge in [-0.2, -0.15) is 31.4 Å². The highest BCUT2D eigenvalue weighted by Gasteiger charge is 2.38. The zero-order valence-corrected chi connectivity index (χ0v) is 21.1. The number of alkyl halides is 6. The molecule has 1 saturated heterocycles. The Morgan fingerprint density at radius 1 is 1.05 bits per heavy atom. The Balaban J connectivity index is 1.40. The van der Waals surface area contributed by atoms with Gasteiger partial charge in [-0.3, -0.25) is 14.5 Å². The number of nitrogens with one attached hydrogen (secondary N) is 2. The van der Waals surface area contributed by atoms with Crippen molar-refractivity contribution in [1.29, 1.82) is 0 Å². The topological polar surface area (TPSA) is 129 Å². The van der Waals surface area contributed by atoms with E-state index in [-0.39, 0.29) is 48.8 Å². The molecule has 3 aromatic heterocycles. The van der Waals surface area contributed by atoms with Gasteiger partial charge in [0.2, 0.25) is 11.9 Å². The number of carbonyl (C=O) groups excluding carboxylic acids is 1. The zero-order chi connectivity index (χ0) is 29.2. The van der Waals surface area contributed by atoms with Crippen molar-refractivity contribution in [1.82, 2.24) is 25.1 Å². The number of amides is 1. The number of carbonyl (C=O) groups is 1. The Morgan fingerprint density at radius 2 is 1.75 bits per heavy atom. The van der Waals surface area contributed by atoms with Crippen LogP contribution >= 0.6 is 11.6 Å². The predicted octanol–water partition coefficient (Wildman–Crippen LogP) is 3.38. The van der Waals surface area contributed by atoms with Crippen molar-refractivity contribution in [3.05, 3.63) is 57.4 Å². The smallest absolute Gasteiger partial charge is 0.423 e. The first-order chi connectivity index (χ1) is 18.7. The molecule has 11 nitrogen and oxygen atoms in total. The fourth-order valence-electron chi connectivity index (χ4n) is 3.70. The van der Waals surface area contributed by atoms with E-state index in [1.54, 1.807) is 5.10 Å². The van der Waals surface area contributed by atoms with Gasteiger partial charge in [-0.25, -0.2) is 20.1 Å². The Hall–Kier alpha value is -4.15. The molecule has 1 atom stereocenters. The molecule has 18 heteroatoms. The summed E-state index contributed by atoms with van der Waals surface area (Å²) in [6.07, 6.45) is -6.18. The fraction of sp³-hybridized carbons (Fsp3) is 0.364. The predicted molar refractivity (Wildman–Crippen MR) is 129 cm³/mol. The van der Waals surface area contributed by atoms with Gasteiger partial charge >= 0.3 is 12.4 Å². The fourth-order valence-corrected chi connectivity index (χ4v) is 3.85. The summed E-state index contributed by atoms with van der Waals surface area (Å²) in [7, 11) is 0. The van der Waals surface area contributed by atoms with E-state index in [2.05, 4.69) is 25.4 Å². The molecule has 0 spiro atoms. The van der Waals surface area contributed by atoms with Crippen LogP contribution in [0.1, 0.15) is 18.1 Å². The van der Waals surface area contributed by atoms with Crippen molar-refractivity contribution >= 4 is 35.0 Å². The molecule has 0 radical (unpaired) electrons. The van der Waals surface area contributed by atoms with Gasteiger partial charge in [0.1, 0.15) is 35.3 Å². The molecule has 4 rings (SSSR count). The monoisotopic (exact) mass is 592 g/mol. The molecule has 0 saturated carbocycles. The lowest BCUT2D eigenvalue weighted by Crippen LogP contribution is -2.51. The Labute approximate surface area is 226 Å². The molecular formula is C22H19ClF6N8O3. The summed E-state index contributed by atoms with van der Waals surface area (Å²) < 4.78 is 83.7. The van der Waals surface area contributed by atoms with Crippen molar-refractivity contribution in [3.63, 3.8) is 0 Å². The van der Waals surface area contributed by atoms with E-state index < -0.39 is 46.7 Å². The summed E-state index contributed by atoms with van der Waals surface area (Å²) in [6, 6.07) is 0.624. The molecule has 214 valence electrons. The Morgan fingerprint density at radius 3 is 2.38 bits per heavy atom. The van der Waals surface area contributed by atoms with E-state index in [4.69, 9.17) is 16.3 Å². The largest absolute Gasteiger partial charge is 0.490 e. The normalized spacial score (nSPS) is 15.2. The third-order valence-corrected chi connectivity index (χ3v) is 5.87. The van der Waals surface area contributed by atoms with Gasteiger partial charge in [0.15, 0.2) is 0 Å². The van der Waals surface area contributed by atoms with Gasteiger partial charge in [0.25, 0.3) is 5.56 Å². The van der Waals surface area contributed by atoms with Crippen molar-refractivity contribution in [2.75, 3.05) is 41.4 Å². The number of halogens is 7. The molecule has 1 aliphatic rings. The SMILES string of the molecule is C[C@@H](COc1cc(N2CCN(c3ncc(C(F)(F)F)cn3)CC2=O)ncc1Cl)Nc1cn[nH]c(=O)c1C(F)(F)F. The van der Waals surface area contributed by atoms with Crippen molar-refractivity contribution in [3.8, 4) is 5.75 Å². The van der Waals surface area contributed by atoms with E-state index in [9.17, 15) is 35.9 Å². The van der Waals surface area contributed by atoms with E-state index in [0.717, 1.165) is 6.20 Å². The first kappa shape index (κ1) is 28.8. The molecule has 1 aliphatic heterocycles. The maximum Gasteiger partial charge on any atom is 0.423 e. The number of piperazine rings is 1. The van der Waals surface area contributed by atoms with Crippen LogP contribution in [0.3, 0.4) is 0 Å². The zero-order valence-electron chi connectivity index (χ0n) is 20.3. The van der Waals surface area contributed by atoms with Crippen LogP contribution in [0.25, 0.3) is 0 Å². The second kappa shape index (κ2) is 11.1. The van der Waals surface area contributed by atoms with Gasteiger partial charge in [-0.05, 0) is 6.92 Å². The van der Waals surface area contributed by atoms with Gasteiger partial charge in [-0.1, -0.05) is 11.6 Å². The number of H-pyrrole nitrogens is 1.